The molecule has 0 atom stereocenters. The first kappa shape index (κ1) is 9.98. The van der Waals surface area contributed by atoms with Crippen LogP contribution in [0.1, 0.15) is 5.56 Å². The van der Waals surface area contributed by atoms with Gasteiger partial charge in [-0.3, -0.25) is 0 Å². The van der Waals surface area contributed by atoms with Crippen LogP contribution in [0.15, 0.2) is 24.3 Å². The molecule has 0 bridgehead atoms. The Bertz CT molecular complexity index is 581. The van der Waals surface area contributed by atoms with Gasteiger partial charge >= 0.3 is 0 Å². The molecule has 1 aromatic carbocycles. The van der Waals surface area contributed by atoms with Crippen LogP contribution in [0.5, 0.6) is 0 Å². The molecule has 2 rings (SSSR count). The van der Waals surface area contributed by atoms with E-state index in [1.165, 1.54) is 22.9 Å². The molecule has 6 heteroatoms. The molecule has 0 aliphatic carbocycles. The Morgan fingerprint density at radius 3 is 2.69 bits per heavy atom. The normalized spacial score (nSPS) is 10.0. The van der Waals surface area contributed by atoms with E-state index in [4.69, 9.17) is 16.7 Å². The Morgan fingerprint density at radius 1 is 1.38 bits per heavy atom. The average Bonchev–Trinajstić information content (AvgIpc) is 2.54. The van der Waals surface area contributed by atoms with E-state index in [0.717, 1.165) is 0 Å². The van der Waals surface area contributed by atoms with Gasteiger partial charge in [-0.1, -0.05) is 6.07 Å². The van der Waals surface area contributed by atoms with Crippen molar-refractivity contribution in [3.63, 3.8) is 0 Å². The van der Waals surface area contributed by atoms with Crippen molar-refractivity contribution in [2.24, 2.45) is 0 Å². The lowest BCUT2D eigenvalue weighted by atomic mass is 10.3. The molecule has 1 aromatic heterocycles. The summed E-state index contributed by atoms with van der Waals surface area (Å²) < 4.78 is 14.2. The second-order valence-corrected chi connectivity index (χ2v) is 3.15. The highest BCUT2D eigenvalue weighted by molar-refractivity contribution is 5.64. The van der Waals surface area contributed by atoms with Crippen LogP contribution in [0, 0.1) is 17.1 Å². The number of hydrogen-bond acceptors (Lipinski definition) is 4. The average molecular weight is 217 g/mol. The van der Waals surface area contributed by atoms with Gasteiger partial charge in [-0.15, -0.1) is 5.10 Å². The molecule has 0 amide bonds. The van der Waals surface area contributed by atoms with Crippen LogP contribution in [0.25, 0.3) is 5.69 Å². The van der Waals surface area contributed by atoms with Gasteiger partial charge in [0.2, 0.25) is 0 Å². The number of nitrogens with zero attached hydrogens (tertiary/aromatic N) is 3. The summed E-state index contributed by atoms with van der Waals surface area (Å²) in [7, 11) is 0. The van der Waals surface area contributed by atoms with Crippen molar-refractivity contribution in [2.75, 3.05) is 11.5 Å². The Kier molecular flexibility index (Phi) is 2.21. The van der Waals surface area contributed by atoms with Gasteiger partial charge in [-0.2, -0.15) is 5.26 Å². The standard InChI is InChI=1S/C10H8FN5/c11-6-2-1-3-7(4-6)16-10(14)8(5-12)9(13)15-16/h1-4H,14H2,(H2,13,15). The number of rotatable bonds is 1. The van der Waals surface area contributed by atoms with Gasteiger partial charge in [0.15, 0.2) is 5.82 Å². The highest BCUT2D eigenvalue weighted by Gasteiger charge is 2.13. The smallest absolute Gasteiger partial charge is 0.166 e. The van der Waals surface area contributed by atoms with Gasteiger partial charge < -0.3 is 11.5 Å². The van der Waals surface area contributed by atoms with Gasteiger partial charge in [0.1, 0.15) is 23.3 Å². The fourth-order valence-corrected chi connectivity index (χ4v) is 1.37. The van der Waals surface area contributed by atoms with Crippen LogP contribution in [-0.4, -0.2) is 9.78 Å². The first-order valence-corrected chi connectivity index (χ1v) is 4.43. The summed E-state index contributed by atoms with van der Waals surface area (Å²) in [4.78, 5) is 0. The van der Waals surface area contributed by atoms with E-state index in [1.54, 1.807) is 6.07 Å². The first-order chi connectivity index (χ1) is 7.63. The Labute approximate surface area is 90.7 Å². The largest absolute Gasteiger partial charge is 0.382 e. The van der Waals surface area contributed by atoms with Crippen molar-refractivity contribution >= 4 is 11.6 Å². The molecule has 80 valence electrons. The second kappa shape index (κ2) is 3.55. The Morgan fingerprint density at radius 2 is 2.12 bits per heavy atom. The van der Waals surface area contributed by atoms with E-state index in [9.17, 15) is 4.39 Å². The van der Waals surface area contributed by atoms with Gasteiger partial charge in [0, 0.05) is 0 Å². The van der Waals surface area contributed by atoms with Crippen molar-refractivity contribution < 1.29 is 4.39 Å². The van der Waals surface area contributed by atoms with Gasteiger partial charge in [-0.05, 0) is 18.2 Å². The number of benzene rings is 1. The summed E-state index contributed by atoms with van der Waals surface area (Å²) in [6.07, 6.45) is 0. The first-order valence-electron chi connectivity index (χ1n) is 4.43. The molecule has 2 aromatic rings. The molecule has 0 spiro atoms. The molecule has 1 heterocycles. The monoisotopic (exact) mass is 217 g/mol. The molecule has 0 unspecified atom stereocenters. The highest BCUT2D eigenvalue weighted by atomic mass is 19.1. The Balaban J connectivity index is 2.62. The molecule has 0 fully saturated rings. The van der Waals surface area contributed by atoms with Crippen LogP contribution in [0.3, 0.4) is 0 Å². The van der Waals surface area contributed by atoms with Crippen LogP contribution in [-0.2, 0) is 0 Å². The minimum atomic E-state index is -0.413. The van der Waals surface area contributed by atoms with Gasteiger partial charge in [-0.25, -0.2) is 9.07 Å². The minimum Gasteiger partial charge on any atom is -0.382 e. The fourth-order valence-electron chi connectivity index (χ4n) is 1.37. The zero-order valence-corrected chi connectivity index (χ0v) is 8.18. The van der Waals surface area contributed by atoms with E-state index in [1.807, 2.05) is 6.07 Å². The SMILES string of the molecule is N#Cc1c(N)nn(-c2cccc(F)c2)c1N. The summed E-state index contributed by atoms with van der Waals surface area (Å²) in [5.41, 5.74) is 11.7. The number of hydrogen-bond donors (Lipinski definition) is 2. The second-order valence-electron chi connectivity index (χ2n) is 3.15. The van der Waals surface area contributed by atoms with E-state index >= 15 is 0 Å². The maximum atomic E-state index is 13.0. The number of nitrogens with two attached hydrogens (primary N) is 2. The van der Waals surface area contributed by atoms with Crippen LogP contribution < -0.4 is 11.5 Å². The predicted octanol–water partition coefficient (Wildman–Crippen LogP) is 1.05. The topological polar surface area (TPSA) is 93.6 Å². The number of nitrogen functional groups attached to an aromatic ring is 2. The number of halogens is 1. The van der Waals surface area contributed by atoms with Gasteiger partial charge in [0.25, 0.3) is 0 Å². The third-order valence-electron chi connectivity index (χ3n) is 2.11. The lowest BCUT2D eigenvalue weighted by Gasteiger charge is -2.02. The van der Waals surface area contributed by atoms with Crippen molar-refractivity contribution in [3.05, 3.63) is 35.6 Å². The van der Waals surface area contributed by atoms with Crippen molar-refractivity contribution in [3.8, 4) is 11.8 Å². The van der Waals surface area contributed by atoms with Crippen LogP contribution in [0.2, 0.25) is 0 Å². The molecule has 0 aliphatic rings. The van der Waals surface area contributed by atoms with E-state index in [2.05, 4.69) is 5.10 Å². The molecular weight excluding hydrogens is 209 g/mol. The highest BCUT2D eigenvalue weighted by Crippen LogP contribution is 2.21. The summed E-state index contributed by atoms with van der Waals surface area (Å²) >= 11 is 0. The Hall–Kier alpha value is -2.55. The minimum absolute atomic E-state index is 0.0317. The zero-order chi connectivity index (χ0) is 11.7. The van der Waals surface area contributed by atoms with E-state index < -0.39 is 5.82 Å². The number of aromatic nitrogens is 2. The summed E-state index contributed by atoms with van der Waals surface area (Å²) in [5, 5.41) is 12.6. The fraction of sp³-hybridized carbons (Fsp3) is 0. The maximum Gasteiger partial charge on any atom is 0.166 e. The van der Waals surface area contributed by atoms with Crippen molar-refractivity contribution in [1.82, 2.24) is 9.78 Å². The lowest BCUT2D eigenvalue weighted by molar-refractivity contribution is 0.625. The molecule has 5 nitrogen and oxygen atoms in total. The summed E-state index contributed by atoms with van der Waals surface area (Å²) in [6, 6.07) is 7.54. The molecule has 0 saturated heterocycles. The molecule has 0 aliphatic heterocycles. The van der Waals surface area contributed by atoms with Crippen molar-refractivity contribution in [1.29, 1.82) is 5.26 Å². The van der Waals surface area contributed by atoms with E-state index in [0.29, 0.717) is 5.69 Å². The molecule has 4 N–H and O–H groups in total. The third kappa shape index (κ3) is 1.44. The molecule has 16 heavy (non-hydrogen) atoms. The summed E-state index contributed by atoms with van der Waals surface area (Å²) in [5.74, 6) is -0.278. The van der Waals surface area contributed by atoms with Crippen molar-refractivity contribution in [2.45, 2.75) is 0 Å². The number of nitriles is 1. The maximum absolute atomic E-state index is 13.0. The predicted molar refractivity (Wildman–Crippen MR) is 57.1 cm³/mol. The van der Waals surface area contributed by atoms with E-state index in [-0.39, 0.29) is 17.2 Å². The molecule has 0 radical (unpaired) electrons. The van der Waals surface area contributed by atoms with Crippen LogP contribution >= 0.6 is 0 Å². The number of anilines is 2. The van der Waals surface area contributed by atoms with Crippen LogP contribution in [0.4, 0.5) is 16.0 Å². The zero-order valence-electron chi connectivity index (χ0n) is 8.18. The quantitative estimate of drug-likeness (QED) is 0.746. The summed E-state index contributed by atoms with van der Waals surface area (Å²) in [6.45, 7) is 0. The molecule has 0 saturated carbocycles. The third-order valence-corrected chi connectivity index (χ3v) is 2.11. The molecular formula is C10H8FN5. The lowest BCUT2D eigenvalue weighted by Crippen LogP contribution is -2.02. The van der Waals surface area contributed by atoms with Gasteiger partial charge in [0.05, 0.1) is 5.69 Å².